The van der Waals surface area contributed by atoms with Crippen molar-refractivity contribution in [1.82, 2.24) is 0 Å². The molecule has 18 heavy (non-hydrogen) atoms. The van der Waals surface area contributed by atoms with E-state index in [9.17, 15) is 18.0 Å². The van der Waals surface area contributed by atoms with E-state index in [4.69, 9.17) is 9.47 Å². The Morgan fingerprint density at radius 3 is 2.61 bits per heavy atom. The van der Waals surface area contributed by atoms with Gasteiger partial charge >= 0.3 is 0 Å². The summed E-state index contributed by atoms with van der Waals surface area (Å²) >= 11 is 0. The first-order chi connectivity index (χ1) is 8.59. The highest BCUT2D eigenvalue weighted by atomic mass is 19.2. The van der Waals surface area contributed by atoms with E-state index >= 15 is 0 Å². The van der Waals surface area contributed by atoms with Gasteiger partial charge in [-0.3, -0.25) is 4.79 Å². The summed E-state index contributed by atoms with van der Waals surface area (Å²) in [5, 5.41) is 2.05. The quantitative estimate of drug-likeness (QED) is 0.825. The van der Waals surface area contributed by atoms with Gasteiger partial charge in [0, 0.05) is 0 Å². The molecule has 7 heteroatoms. The summed E-state index contributed by atoms with van der Waals surface area (Å²) in [4.78, 5) is 11.5. The van der Waals surface area contributed by atoms with Crippen LogP contribution in [0.1, 0.15) is 0 Å². The zero-order chi connectivity index (χ0) is 13.1. The number of ether oxygens (including phenoxy) is 2. The molecule has 96 valence electrons. The van der Waals surface area contributed by atoms with E-state index < -0.39 is 29.0 Å². The van der Waals surface area contributed by atoms with E-state index in [-0.39, 0.29) is 12.4 Å². The van der Waals surface area contributed by atoms with Gasteiger partial charge in [0.25, 0.3) is 5.91 Å². The highest BCUT2D eigenvalue weighted by molar-refractivity contribution is 6.02. The Balaban J connectivity index is 2.17. The van der Waals surface area contributed by atoms with Gasteiger partial charge in [-0.1, -0.05) is 0 Å². The minimum atomic E-state index is -1.65. The standard InChI is InChI=1S/C11H8F3NO3/c12-6-1-2-7(10(14)9(6)13)15-11(16)8-5-17-3-4-18-8/h1-2,5H,3-4H2,(H,15,16). The number of hydrogen-bond donors (Lipinski definition) is 1. The van der Waals surface area contributed by atoms with Gasteiger partial charge in [-0.05, 0) is 12.1 Å². The second-order valence-electron chi connectivity index (χ2n) is 3.38. The van der Waals surface area contributed by atoms with E-state index in [1.54, 1.807) is 0 Å². The minimum Gasteiger partial charge on any atom is -0.494 e. The van der Waals surface area contributed by atoms with Crippen LogP contribution in [0.25, 0.3) is 0 Å². The number of carbonyl (C=O) groups excluding carboxylic acids is 1. The summed E-state index contributed by atoms with van der Waals surface area (Å²) in [5.41, 5.74) is -0.478. The molecule has 1 aromatic carbocycles. The van der Waals surface area contributed by atoms with Gasteiger partial charge in [-0.2, -0.15) is 0 Å². The van der Waals surface area contributed by atoms with E-state index in [0.29, 0.717) is 12.7 Å². The maximum Gasteiger partial charge on any atom is 0.294 e. The normalized spacial score (nSPS) is 14.3. The van der Waals surface area contributed by atoms with Gasteiger partial charge in [0.15, 0.2) is 17.5 Å². The number of hydrogen-bond acceptors (Lipinski definition) is 3. The molecule has 0 fully saturated rings. The summed E-state index contributed by atoms with van der Waals surface area (Å²) in [7, 11) is 0. The Kier molecular flexibility index (Phi) is 3.40. The predicted octanol–water partition coefficient (Wildman–Crippen LogP) is 1.93. The van der Waals surface area contributed by atoms with E-state index in [1.165, 1.54) is 0 Å². The van der Waals surface area contributed by atoms with Crippen LogP contribution in [-0.4, -0.2) is 19.1 Å². The molecule has 1 heterocycles. The Morgan fingerprint density at radius 1 is 1.17 bits per heavy atom. The molecule has 0 bridgehead atoms. The number of rotatable bonds is 2. The number of halogens is 3. The molecule has 1 amide bonds. The van der Waals surface area contributed by atoms with Crippen molar-refractivity contribution in [3.8, 4) is 0 Å². The molecule has 0 radical (unpaired) electrons. The van der Waals surface area contributed by atoms with Crippen LogP contribution in [0, 0.1) is 17.5 Å². The summed E-state index contributed by atoms with van der Waals surface area (Å²) < 4.78 is 48.6. The molecular formula is C11H8F3NO3. The Bertz CT molecular complexity index is 517. The molecule has 1 aliphatic heterocycles. The summed E-state index contributed by atoms with van der Waals surface area (Å²) in [6.07, 6.45) is 1.07. The van der Waals surface area contributed by atoms with Crippen LogP contribution in [0.15, 0.2) is 24.2 Å². The lowest BCUT2D eigenvalue weighted by Gasteiger charge is -2.15. The lowest BCUT2D eigenvalue weighted by molar-refractivity contribution is -0.117. The second-order valence-corrected chi connectivity index (χ2v) is 3.38. The zero-order valence-electron chi connectivity index (χ0n) is 9.00. The smallest absolute Gasteiger partial charge is 0.294 e. The molecule has 0 unspecified atom stereocenters. The van der Waals surface area contributed by atoms with E-state index in [2.05, 4.69) is 5.32 Å². The van der Waals surface area contributed by atoms with Crippen LogP contribution >= 0.6 is 0 Å². The maximum absolute atomic E-state index is 13.3. The van der Waals surface area contributed by atoms with Crippen LogP contribution in [-0.2, 0) is 14.3 Å². The Morgan fingerprint density at radius 2 is 1.94 bits per heavy atom. The summed E-state index contributed by atoms with van der Waals surface area (Å²) in [6, 6.07) is 1.62. The monoisotopic (exact) mass is 259 g/mol. The van der Waals surface area contributed by atoms with Crippen LogP contribution in [0.3, 0.4) is 0 Å². The predicted molar refractivity (Wildman–Crippen MR) is 54.9 cm³/mol. The number of nitrogens with one attached hydrogen (secondary N) is 1. The molecule has 0 saturated heterocycles. The molecule has 4 nitrogen and oxygen atoms in total. The molecule has 1 aliphatic rings. The molecule has 0 aliphatic carbocycles. The van der Waals surface area contributed by atoms with Crippen molar-refractivity contribution in [3.05, 3.63) is 41.6 Å². The molecule has 2 rings (SSSR count). The molecule has 1 N–H and O–H groups in total. The van der Waals surface area contributed by atoms with Crippen molar-refractivity contribution in [2.45, 2.75) is 0 Å². The van der Waals surface area contributed by atoms with Gasteiger partial charge < -0.3 is 14.8 Å². The van der Waals surface area contributed by atoms with Gasteiger partial charge in [-0.25, -0.2) is 13.2 Å². The molecule has 0 atom stereocenters. The second kappa shape index (κ2) is 4.99. The van der Waals surface area contributed by atoms with Gasteiger partial charge in [-0.15, -0.1) is 0 Å². The lowest BCUT2D eigenvalue weighted by Crippen LogP contribution is -2.21. The maximum atomic E-state index is 13.3. The third-order valence-electron chi connectivity index (χ3n) is 2.16. The average molecular weight is 259 g/mol. The Hall–Kier alpha value is -2.18. The highest BCUT2D eigenvalue weighted by Gasteiger charge is 2.19. The van der Waals surface area contributed by atoms with Gasteiger partial charge in [0.2, 0.25) is 5.76 Å². The fourth-order valence-corrected chi connectivity index (χ4v) is 1.29. The van der Waals surface area contributed by atoms with Gasteiger partial charge in [0.1, 0.15) is 19.5 Å². The zero-order valence-corrected chi connectivity index (χ0v) is 9.00. The molecular weight excluding hydrogens is 251 g/mol. The molecule has 1 aromatic rings. The van der Waals surface area contributed by atoms with E-state index in [1.807, 2.05) is 0 Å². The number of carbonyl (C=O) groups is 1. The van der Waals surface area contributed by atoms with Gasteiger partial charge in [0.05, 0.1) is 5.69 Å². The van der Waals surface area contributed by atoms with E-state index in [0.717, 1.165) is 12.3 Å². The van der Waals surface area contributed by atoms with Crippen molar-refractivity contribution >= 4 is 11.6 Å². The number of amides is 1. The lowest BCUT2D eigenvalue weighted by atomic mass is 10.2. The first-order valence-corrected chi connectivity index (χ1v) is 4.99. The topological polar surface area (TPSA) is 47.6 Å². The van der Waals surface area contributed by atoms with Crippen LogP contribution in [0.4, 0.5) is 18.9 Å². The molecule has 0 spiro atoms. The minimum absolute atomic E-state index is 0.162. The SMILES string of the molecule is O=C(Nc1ccc(F)c(F)c1F)C1=COCCO1. The van der Waals surface area contributed by atoms with Crippen molar-refractivity contribution in [3.63, 3.8) is 0 Å². The summed E-state index contributed by atoms with van der Waals surface area (Å²) in [6.45, 7) is 0.482. The first-order valence-electron chi connectivity index (χ1n) is 4.99. The van der Waals surface area contributed by atoms with Crippen LogP contribution in [0.2, 0.25) is 0 Å². The van der Waals surface area contributed by atoms with Crippen molar-refractivity contribution in [1.29, 1.82) is 0 Å². The number of benzene rings is 1. The Labute approximate surface area is 100.0 Å². The average Bonchev–Trinajstić information content (AvgIpc) is 2.40. The van der Waals surface area contributed by atoms with Crippen LogP contribution < -0.4 is 5.32 Å². The third-order valence-corrected chi connectivity index (χ3v) is 2.16. The van der Waals surface area contributed by atoms with Crippen molar-refractivity contribution in [2.75, 3.05) is 18.5 Å². The molecule has 0 saturated carbocycles. The largest absolute Gasteiger partial charge is 0.494 e. The summed E-state index contributed by atoms with van der Waals surface area (Å²) in [5.74, 6) is -5.42. The van der Waals surface area contributed by atoms with Crippen molar-refractivity contribution in [2.24, 2.45) is 0 Å². The fraction of sp³-hybridized carbons (Fsp3) is 0.182. The third kappa shape index (κ3) is 2.39. The molecule has 0 aromatic heterocycles. The fourth-order valence-electron chi connectivity index (χ4n) is 1.29. The van der Waals surface area contributed by atoms with Crippen LogP contribution in [0.5, 0.6) is 0 Å². The highest BCUT2D eigenvalue weighted by Crippen LogP contribution is 2.20. The number of anilines is 1. The first kappa shape index (κ1) is 12.3. The van der Waals surface area contributed by atoms with Crippen molar-refractivity contribution < 1.29 is 27.4 Å².